The van der Waals surface area contributed by atoms with Gasteiger partial charge < -0.3 is 19.9 Å². The van der Waals surface area contributed by atoms with E-state index in [-0.39, 0.29) is 5.97 Å². The molecule has 6 rings (SSSR count). The van der Waals surface area contributed by atoms with E-state index < -0.39 is 0 Å². The van der Waals surface area contributed by atoms with Crippen LogP contribution in [0.1, 0.15) is 48.2 Å². The molecule has 2 aliphatic rings. The number of hydrogen-bond acceptors (Lipinski definition) is 7. The van der Waals surface area contributed by atoms with Gasteiger partial charge in [-0.3, -0.25) is 9.97 Å². The number of nitrogens with one attached hydrogen (secondary N) is 2. The largest absolute Gasteiger partial charge is 0.462 e. The molecule has 2 fully saturated rings. The summed E-state index contributed by atoms with van der Waals surface area (Å²) in [4.78, 5) is 32.3. The molecule has 2 saturated heterocycles. The minimum atomic E-state index is -0.325. The van der Waals surface area contributed by atoms with Crippen LogP contribution in [0.3, 0.4) is 0 Å². The number of hydrogen-bond donors (Lipinski definition) is 2. The molecular weight excluding hydrogens is 488 g/mol. The second-order valence-electron chi connectivity index (χ2n) is 11.0. The molecule has 2 aliphatic heterocycles. The number of aryl methyl sites for hydroxylation is 1. The highest BCUT2D eigenvalue weighted by atomic mass is 16.5. The van der Waals surface area contributed by atoms with Crippen LogP contribution in [0.5, 0.6) is 0 Å². The molecule has 0 unspecified atom stereocenters. The molecule has 1 spiro atoms. The molecule has 0 saturated carbocycles. The number of nitrogens with zero attached hydrogens (tertiary/aromatic N) is 4. The number of likely N-dealkylation sites (tertiary alicyclic amines) is 1. The number of piperidine rings is 1. The Morgan fingerprint density at radius 1 is 1.08 bits per heavy atom. The average molecular weight is 525 g/mol. The summed E-state index contributed by atoms with van der Waals surface area (Å²) in [6.07, 6.45) is 9.12. The van der Waals surface area contributed by atoms with Gasteiger partial charge in [-0.25, -0.2) is 9.78 Å². The van der Waals surface area contributed by atoms with Crippen molar-refractivity contribution in [3.05, 3.63) is 66.2 Å². The fourth-order valence-corrected chi connectivity index (χ4v) is 6.05. The van der Waals surface area contributed by atoms with Crippen molar-refractivity contribution in [1.29, 1.82) is 0 Å². The van der Waals surface area contributed by atoms with Gasteiger partial charge in [-0.1, -0.05) is 12.1 Å². The maximum absolute atomic E-state index is 12.8. The number of rotatable bonds is 8. The Hall–Kier alpha value is -3.62. The summed E-state index contributed by atoms with van der Waals surface area (Å²) in [6.45, 7) is 8.22. The number of carbonyl (C=O) groups is 1. The van der Waals surface area contributed by atoms with Crippen molar-refractivity contribution in [2.45, 2.75) is 39.0 Å². The van der Waals surface area contributed by atoms with E-state index in [1.165, 1.54) is 32.4 Å². The topological polar surface area (TPSA) is 96.0 Å². The number of H-pyrrole nitrogens is 1. The molecule has 0 radical (unpaired) electrons. The van der Waals surface area contributed by atoms with Crippen LogP contribution in [0, 0.1) is 12.3 Å². The van der Waals surface area contributed by atoms with Crippen LogP contribution < -0.4 is 5.32 Å². The normalized spacial score (nSPS) is 17.2. The van der Waals surface area contributed by atoms with Gasteiger partial charge in [0.1, 0.15) is 0 Å². The van der Waals surface area contributed by atoms with Crippen LogP contribution in [0.2, 0.25) is 0 Å². The highest BCUT2D eigenvalue weighted by molar-refractivity contribution is 5.95. The predicted octanol–water partition coefficient (Wildman–Crippen LogP) is 5.01. The van der Waals surface area contributed by atoms with Crippen molar-refractivity contribution in [1.82, 2.24) is 30.2 Å². The lowest BCUT2D eigenvalue weighted by Crippen LogP contribution is -2.38. The molecule has 1 aromatic carbocycles. The molecule has 5 heterocycles. The van der Waals surface area contributed by atoms with Gasteiger partial charge in [-0.2, -0.15) is 0 Å². The average Bonchev–Trinajstić information content (AvgIpc) is 3.60. The summed E-state index contributed by atoms with van der Waals surface area (Å²) in [5.74, 6) is -0.325. The minimum absolute atomic E-state index is 0.325. The summed E-state index contributed by atoms with van der Waals surface area (Å²) in [7, 11) is 0. The molecule has 8 heteroatoms. The summed E-state index contributed by atoms with van der Waals surface area (Å²) < 4.78 is 5.61. The maximum Gasteiger partial charge on any atom is 0.339 e. The Morgan fingerprint density at radius 3 is 2.85 bits per heavy atom. The van der Waals surface area contributed by atoms with Gasteiger partial charge in [-0.15, -0.1) is 0 Å². The Bertz CT molecular complexity index is 1460. The summed E-state index contributed by atoms with van der Waals surface area (Å²) >= 11 is 0. The molecule has 8 nitrogen and oxygen atoms in total. The van der Waals surface area contributed by atoms with Crippen molar-refractivity contribution in [2.75, 3.05) is 39.3 Å². The van der Waals surface area contributed by atoms with Crippen molar-refractivity contribution in [3.63, 3.8) is 0 Å². The van der Waals surface area contributed by atoms with E-state index in [0.717, 1.165) is 71.7 Å². The van der Waals surface area contributed by atoms with Crippen LogP contribution in [0.25, 0.3) is 33.5 Å². The van der Waals surface area contributed by atoms with Crippen molar-refractivity contribution in [2.24, 2.45) is 5.41 Å². The molecule has 0 bridgehead atoms. The second-order valence-corrected chi connectivity index (χ2v) is 11.0. The predicted molar refractivity (Wildman–Crippen MR) is 152 cm³/mol. The van der Waals surface area contributed by atoms with E-state index in [1.54, 1.807) is 12.5 Å². The standard InChI is InChI=1S/C31H36N6O2/c1-22-5-4-6-27(36-22)29-28(34-21-35-29)23-7-8-26-24(17-23)18-25(19-33-26)30(38)39-16-3-2-14-37-15-11-31(20-37)9-12-32-13-10-31/h4-8,17-19,21,32H,2-3,9-16,20H2,1H3,(H,34,35). The van der Waals surface area contributed by atoms with E-state index in [0.29, 0.717) is 17.6 Å². The molecule has 4 aromatic rings. The van der Waals surface area contributed by atoms with Gasteiger partial charge in [-0.05, 0) is 101 Å². The third kappa shape index (κ3) is 5.72. The van der Waals surface area contributed by atoms with Crippen molar-refractivity contribution < 1.29 is 9.53 Å². The number of pyridine rings is 2. The summed E-state index contributed by atoms with van der Waals surface area (Å²) in [5, 5.41) is 4.36. The van der Waals surface area contributed by atoms with Crippen molar-refractivity contribution in [3.8, 4) is 22.6 Å². The quantitative estimate of drug-likeness (QED) is 0.247. The fraction of sp³-hybridized carbons (Fsp3) is 0.419. The first-order valence-electron chi connectivity index (χ1n) is 14.1. The van der Waals surface area contributed by atoms with Crippen LogP contribution in [-0.2, 0) is 4.74 Å². The van der Waals surface area contributed by atoms with E-state index in [2.05, 4.69) is 30.2 Å². The third-order valence-electron chi connectivity index (χ3n) is 8.26. The number of esters is 1. The number of ether oxygens (including phenoxy) is 1. The number of fused-ring (bicyclic) bond motifs is 1. The van der Waals surface area contributed by atoms with Gasteiger partial charge in [0.05, 0.1) is 41.1 Å². The lowest BCUT2D eigenvalue weighted by atomic mass is 9.78. The van der Waals surface area contributed by atoms with E-state index in [1.807, 2.05) is 49.4 Å². The summed E-state index contributed by atoms with van der Waals surface area (Å²) in [5.41, 5.74) is 6.22. The number of aromatic amines is 1. The first-order valence-corrected chi connectivity index (χ1v) is 14.1. The van der Waals surface area contributed by atoms with Gasteiger partial charge in [0.2, 0.25) is 0 Å². The SMILES string of the molecule is Cc1cccc(-c2[nH]cnc2-c2ccc3ncc(C(=O)OCCCCN4CCC5(CCNCC5)C4)cc3c2)n1. The van der Waals surface area contributed by atoms with Gasteiger partial charge in [0.25, 0.3) is 0 Å². The molecule has 2 N–H and O–H groups in total. The smallest absolute Gasteiger partial charge is 0.339 e. The van der Waals surface area contributed by atoms with Gasteiger partial charge >= 0.3 is 5.97 Å². The fourth-order valence-electron chi connectivity index (χ4n) is 6.05. The zero-order chi connectivity index (χ0) is 26.7. The van der Waals surface area contributed by atoms with Crippen LogP contribution in [-0.4, -0.2) is 70.1 Å². The Kier molecular flexibility index (Phi) is 7.39. The molecule has 0 atom stereocenters. The summed E-state index contributed by atoms with van der Waals surface area (Å²) in [6, 6.07) is 13.7. The zero-order valence-electron chi connectivity index (χ0n) is 22.6. The third-order valence-corrected chi connectivity index (χ3v) is 8.26. The molecular formula is C31H36N6O2. The number of unbranched alkanes of at least 4 members (excludes halogenated alkanes) is 1. The highest BCUT2D eigenvalue weighted by Gasteiger charge is 2.38. The lowest BCUT2D eigenvalue weighted by molar-refractivity contribution is 0.0495. The monoisotopic (exact) mass is 524 g/mol. The van der Waals surface area contributed by atoms with Crippen LogP contribution >= 0.6 is 0 Å². The van der Waals surface area contributed by atoms with Crippen molar-refractivity contribution >= 4 is 16.9 Å². The van der Waals surface area contributed by atoms with E-state index >= 15 is 0 Å². The van der Waals surface area contributed by atoms with E-state index in [4.69, 9.17) is 4.74 Å². The second kappa shape index (κ2) is 11.2. The minimum Gasteiger partial charge on any atom is -0.462 e. The first kappa shape index (κ1) is 25.6. The Morgan fingerprint density at radius 2 is 1.97 bits per heavy atom. The Balaban J connectivity index is 1.06. The Labute approximate surface area is 229 Å². The number of benzene rings is 1. The van der Waals surface area contributed by atoms with Gasteiger partial charge in [0.15, 0.2) is 0 Å². The number of carbonyl (C=O) groups excluding carboxylic acids is 1. The number of imidazole rings is 1. The van der Waals surface area contributed by atoms with Crippen LogP contribution in [0.4, 0.5) is 0 Å². The van der Waals surface area contributed by atoms with Gasteiger partial charge in [0, 0.05) is 29.4 Å². The first-order chi connectivity index (χ1) is 19.1. The van der Waals surface area contributed by atoms with E-state index in [9.17, 15) is 4.79 Å². The maximum atomic E-state index is 12.8. The molecule has 0 aliphatic carbocycles. The molecule has 3 aromatic heterocycles. The molecule has 0 amide bonds. The zero-order valence-corrected chi connectivity index (χ0v) is 22.6. The highest BCUT2D eigenvalue weighted by Crippen LogP contribution is 2.38. The van der Waals surface area contributed by atoms with Crippen LogP contribution in [0.15, 0.2) is 55.0 Å². The molecule has 202 valence electrons. The number of aromatic nitrogens is 4. The molecule has 39 heavy (non-hydrogen) atoms. The lowest BCUT2D eigenvalue weighted by Gasteiger charge is -2.33.